The van der Waals surface area contributed by atoms with Gasteiger partial charge in [-0.25, -0.2) is 4.39 Å². The van der Waals surface area contributed by atoms with Crippen molar-refractivity contribution in [3.05, 3.63) is 53.8 Å². The zero-order valence-corrected chi connectivity index (χ0v) is 12.0. The van der Waals surface area contributed by atoms with Gasteiger partial charge in [0.15, 0.2) is 18.1 Å². The molecular weight excluding hydrogens is 287 g/mol. The van der Waals surface area contributed by atoms with Gasteiger partial charge in [0, 0.05) is 6.21 Å². The topological polar surface area (TPSA) is 73.9 Å². The average molecular weight is 302 g/mol. The Morgan fingerprint density at radius 1 is 1.23 bits per heavy atom. The van der Waals surface area contributed by atoms with Gasteiger partial charge in [-0.15, -0.1) is 0 Å². The number of halogens is 1. The molecule has 0 aliphatic carbocycles. The molecular formula is C16H15FN2O3. The number of nitrogens with zero attached hydrogens (tertiary/aromatic N) is 1. The third kappa shape index (κ3) is 4.31. The van der Waals surface area contributed by atoms with Gasteiger partial charge in [0.2, 0.25) is 0 Å². The number of methoxy groups -OCH3 is 1. The van der Waals surface area contributed by atoms with Crippen molar-refractivity contribution in [2.45, 2.75) is 0 Å². The van der Waals surface area contributed by atoms with E-state index in [1.807, 2.05) is 0 Å². The lowest BCUT2D eigenvalue weighted by Crippen LogP contribution is -2.20. The molecule has 0 saturated heterocycles. The minimum absolute atomic E-state index is 0.223. The fourth-order valence-electron chi connectivity index (χ4n) is 1.71. The predicted octanol–water partition coefficient (Wildman–Crippen LogP) is 2.45. The van der Waals surface area contributed by atoms with Gasteiger partial charge in [0.1, 0.15) is 5.82 Å². The summed E-state index contributed by atoms with van der Waals surface area (Å²) < 4.78 is 23.2. The van der Waals surface area contributed by atoms with E-state index in [0.29, 0.717) is 17.2 Å². The number of hydrogen-bond donors (Lipinski definition) is 1. The van der Waals surface area contributed by atoms with Gasteiger partial charge in [-0.1, -0.05) is 0 Å². The maximum atomic E-state index is 12.8. The molecule has 0 heterocycles. The van der Waals surface area contributed by atoms with Crippen molar-refractivity contribution in [1.82, 2.24) is 0 Å². The molecule has 2 N–H and O–H groups in total. The normalized spacial score (nSPS) is 10.6. The van der Waals surface area contributed by atoms with Gasteiger partial charge < -0.3 is 15.2 Å². The third-order valence-corrected chi connectivity index (χ3v) is 2.75. The van der Waals surface area contributed by atoms with Crippen LogP contribution < -0.4 is 15.2 Å². The molecule has 0 fully saturated rings. The maximum absolute atomic E-state index is 12.8. The second kappa shape index (κ2) is 7.21. The quantitative estimate of drug-likeness (QED) is 0.833. The highest BCUT2D eigenvalue weighted by atomic mass is 19.1. The number of carbonyl (C=O) groups is 1. The summed E-state index contributed by atoms with van der Waals surface area (Å²) >= 11 is 0. The lowest BCUT2D eigenvalue weighted by Gasteiger charge is -2.09. The fraction of sp³-hybridized carbons (Fsp3) is 0.125. The number of amides is 1. The molecule has 0 aromatic heterocycles. The highest BCUT2D eigenvalue weighted by Crippen LogP contribution is 2.27. The van der Waals surface area contributed by atoms with Gasteiger partial charge in [0.05, 0.1) is 12.8 Å². The van der Waals surface area contributed by atoms with Crippen LogP contribution in [0.1, 0.15) is 5.56 Å². The van der Waals surface area contributed by atoms with Crippen molar-refractivity contribution in [3.63, 3.8) is 0 Å². The van der Waals surface area contributed by atoms with Crippen LogP contribution in [0.4, 0.5) is 10.1 Å². The number of hydrogen-bond acceptors (Lipinski definition) is 4. The standard InChI is InChI=1S/C16H15FN2O3/c1-21-15-8-11(2-7-14(15)22-10-16(18)20)9-19-13-5-3-12(17)4-6-13/h2-9H,10H2,1H3,(H2,18,20). The first-order valence-electron chi connectivity index (χ1n) is 6.47. The molecule has 1 amide bonds. The molecule has 114 valence electrons. The highest BCUT2D eigenvalue weighted by Gasteiger charge is 2.06. The van der Waals surface area contributed by atoms with E-state index in [2.05, 4.69) is 4.99 Å². The summed E-state index contributed by atoms with van der Waals surface area (Å²) in [5, 5.41) is 0. The molecule has 2 aromatic carbocycles. The van der Waals surface area contributed by atoms with E-state index in [-0.39, 0.29) is 12.4 Å². The number of benzene rings is 2. The van der Waals surface area contributed by atoms with Crippen LogP contribution >= 0.6 is 0 Å². The smallest absolute Gasteiger partial charge is 0.255 e. The van der Waals surface area contributed by atoms with E-state index in [9.17, 15) is 9.18 Å². The molecule has 0 radical (unpaired) electrons. The van der Waals surface area contributed by atoms with Crippen molar-refractivity contribution >= 4 is 17.8 Å². The number of rotatable bonds is 6. The van der Waals surface area contributed by atoms with Crippen LogP contribution in [0.15, 0.2) is 47.5 Å². The Morgan fingerprint density at radius 3 is 2.59 bits per heavy atom. The van der Waals surface area contributed by atoms with Gasteiger partial charge >= 0.3 is 0 Å². The molecule has 0 unspecified atom stereocenters. The first-order chi connectivity index (χ1) is 10.6. The van der Waals surface area contributed by atoms with Gasteiger partial charge in [-0.05, 0) is 48.0 Å². The highest BCUT2D eigenvalue weighted by molar-refractivity contribution is 5.83. The van der Waals surface area contributed by atoms with Crippen LogP contribution in [0.25, 0.3) is 0 Å². The average Bonchev–Trinajstić information content (AvgIpc) is 2.52. The van der Waals surface area contributed by atoms with Crippen LogP contribution in [0.3, 0.4) is 0 Å². The van der Waals surface area contributed by atoms with E-state index >= 15 is 0 Å². The number of aliphatic imine (C=N–C) groups is 1. The second-order valence-corrected chi connectivity index (χ2v) is 4.40. The minimum Gasteiger partial charge on any atom is -0.493 e. The Bertz CT molecular complexity index is 684. The van der Waals surface area contributed by atoms with E-state index < -0.39 is 5.91 Å². The number of carbonyl (C=O) groups excluding carboxylic acids is 1. The summed E-state index contributed by atoms with van der Waals surface area (Å²) in [4.78, 5) is 15.0. The summed E-state index contributed by atoms with van der Waals surface area (Å²) in [5.41, 5.74) is 6.44. The maximum Gasteiger partial charge on any atom is 0.255 e. The summed E-state index contributed by atoms with van der Waals surface area (Å²) in [6.07, 6.45) is 1.62. The Hall–Kier alpha value is -2.89. The van der Waals surface area contributed by atoms with Crippen LogP contribution in [0.5, 0.6) is 11.5 Å². The van der Waals surface area contributed by atoms with Crippen LogP contribution in [0.2, 0.25) is 0 Å². The third-order valence-electron chi connectivity index (χ3n) is 2.75. The largest absolute Gasteiger partial charge is 0.493 e. The summed E-state index contributed by atoms with van der Waals surface area (Å²) in [6.45, 7) is -0.223. The molecule has 0 spiro atoms. The second-order valence-electron chi connectivity index (χ2n) is 4.40. The van der Waals surface area contributed by atoms with Crippen molar-refractivity contribution in [3.8, 4) is 11.5 Å². The minimum atomic E-state index is -0.566. The monoisotopic (exact) mass is 302 g/mol. The van der Waals surface area contributed by atoms with Gasteiger partial charge in [-0.3, -0.25) is 9.79 Å². The molecule has 0 aliphatic heterocycles. The van der Waals surface area contributed by atoms with E-state index in [4.69, 9.17) is 15.2 Å². The SMILES string of the molecule is COc1cc(C=Nc2ccc(F)cc2)ccc1OCC(N)=O. The van der Waals surface area contributed by atoms with Crippen molar-refractivity contribution < 1.29 is 18.7 Å². The van der Waals surface area contributed by atoms with E-state index in [0.717, 1.165) is 5.56 Å². The fourth-order valence-corrected chi connectivity index (χ4v) is 1.71. The summed E-state index contributed by atoms with van der Waals surface area (Å²) in [5.74, 6) is 0.00473. The Labute approximate surface area is 127 Å². The van der Waals surface area contributed by atoms with Crippen LogP contribution in [-0.4, -0.2) is 25.8 Å². The first-order valence-corrected chi connectivity index (χ1v) is 6.47. The first kappa shape index (κ1) is 15.5. The molecule has 6 heteroatoms. The molecule has 2 rings (SSSR count). The molecule has 22 heavy (non-hydrogen) atoms. The zero-order chi connectivity index (χ0) is 15.9. The van der Waals surface area contributed by atoms with Crippen LogP contribution in [0, 0.1) is 5.82 Å². The summed E-state index contributed by atoms with van der Waals surface area (Å²) in [7, 11) is 1.49. The lowest BCUT2D eigenvalue weighted by molar-refractivity contribution is -0.119. The number of nitrogens with two attached hydrogens (primary N) is 1. The molecule has 0 bridgehead atoms. The summed E-state index contributed by atoms with van der Waals surface area (Å²) in [6, 6.07) is 11.0. The Morgan fingerprint density at radius 2 is 1.95 bits per heavy atom. The van der Waals surface area contributed by atoms with Crippen molar-refractivity contribution in [2.75, 3.05) is 13.7 Å². The molecule has 0 aliphatic rings. The molecule has 5 nitrogen and oxygen atoms in total. The van der Waals surface area contributed by atoms with Crippen molar-refractivity contribution in [1.29, 1.82) is 0 Å². The molecule has 0 saturated carbocycles. The van der Waals surface area contributed by atoms with E-state index in [1.165, 1.54) is 19.2 Å². The molecule has 2 aromatic rings. The van der Waals surface area contributed by atoms with E-state index in [1.54, 1.807) is 36.5 Å². The van der Waals surface area contributed by atoms with Crippen LogP contribution in [-0.2, 0) is 4.79 Å². The number of primary amides is 1. The zero-order valence-electron chi connectivity index (χ0n) is 12.0. The molecule has 0 atom stereocenters. The number of ether oxygens (including phenoxy) is 2. The van der Waals surface area contributed by atoms with Crippen molar-refractivity contribution in [2.24, 2.45) is 10.7 Å². The van der Waals surface area contributed by atoms with Gasteiger partial charge in [0.25, 0.3) is 5.91 Å². The Kier molecular flexibility index (Phi) is 5.08. The predicted molar refractivity (Wildman–Crippen MR) is 81.3 cm³/mol. The van der Waals surface area contributed by atoms with Gasteiger partial charge in [-0.2, -0.15) is 0 Å². The lowest BCUT2D eigenvalue weighted by atomic mass is 10.2. The Balaban J connectivity index is 2.14.